The average molecular weight is 306 g/mol. The largest absolute Gasteiger partial charge is 0.471 e. The fourth-order valence-electron chi connectivity index (χ4n) is 1.91. The zero-order chi connectivity index (χ0) is 15.7. The summed E-state index contributed by atoms with van der Waals surface area (Å²) >= 11 is 0. The Morgan fingerprint density at radius 2 is 1.50 bits per heavy atom. The standard InChI is InChI=1S/C14H9F3N4O/c15-14(16,17)13(22)18-11-7-3-4-8-12(11)21-19-9-5-1-2-6-10(9)20-21/h1-8H,(H,18,22). The number of hydrogen-bond acceptors (Lipinski definition) is 3. The molecule has 1 amide bonds. The summed E-state index contributed by atoms with van der Waals surface area (Å²) in [6.45, 7) is 0. The second-order valence-electron chi connectivity index (χ2n) is 4.45. The highest BCUT2D eigenvalue weighted by Crippen LogP contribution is 2.23. The molecule has 3 rings (SSSR count). The third-order valence-electron chi connectivity index (χ3n) is 2.91. The fourth-order valence-corrected chi connectivity index (χ4v) is 1.91. The lowest BCUT2D eigenvalue weighted by Gasteiger charge is -2.11. The molecule has 8 heteroatoms. The van der Waals surface area contributed by atoms with E-state index in [4.69, 9.17) is 0 Å². The van der Waals surface area contributed by atoms with Crippen molar-refractivity contribution in [2.45, 2.75) is 6.18 Å². The highest BCUT2D eigenvalue weighted by molar-refractivity contribution is 5.96. The van der Waals surface area contributed by atoms with Crippen LogP contribution in [0.3, 0.4) is 0 Å². The van der Waals surface area contributed by atoms with Crippen LogP contribution in [0.2, 0.25) is 0 Å². The Morgan fingerprint density at radius 1 is 0.955 bits per heavy atom. The van der Waals surface area contributed by atoms with E-state index in [-0.39, 0.29) is 11.4 Å². The summed E-state index contributed by atoms with van der Waals surface area (Å²) < 4.78 is 37.2. The van der Waals surface area contributed by atoms with E-state index < -0.39 is 12.1 Å². The lowest BCUT2D eigenvalue weighted by atomic mass is 10.2. The highest BCUT2D eigenvalue weighted by atomic mass is 19.4. The number of alkyl halides is 3. The molecule has 0 bridgehead atoms. The molecular weight excluding hydrogens is 297 g/mol. The molecule has 1 aromatic heterocycles. The number of nitrogens with one attached hydrogen (secondary N) is 1. The molecule has 1 N–H and O–H groups in total. The Labute approximate surface area is 122 Å². The van der Waals surface area contributed by atoms with Crippen LogP contribution in [0.5, 0.6) is 0 Å². The zero-order valence-electron chi connectivity index (χ0n) is 11.0. The van der Waals surface area contributed by atoms with Crippen LogP contribution in [0.4, 0.5) is 18.9 Å². The van der Waals surface area contributed by atoms with Gasteiger partial charge in [-0.05, 0) is 24.3 Å². The number of carbonyl (C=O) groups excluding carboxylic acids is 1. The van der Waals surface area contributed by atoms with Crippen molar-refractivity contribution < 1.29 is 18.0 Å². The first-order valence-electron chi connectivity index (χ1n) is 6.25. The van der Waals surface area contributed by atoms with Gasteiger partial charge in [-0.1, -0.05) is 24.3 Å². The van der Waals surface area contributed by atoms with Crippen molar-refractivity contribution in [3.05, 3.63) is 48.5 Å². The van der Waals surface area contributed by atoms with E-state index in [1.165, 1.54) is 23.0 Å². The molecule has 0 saturated carbocycles. The number of para-hydroxylation sites is 2. The molecule has 0 radical (unpaired) electrons. The summed E-state index contributed by atoms with van der Waals surface area (Å²) in [5.74, 6) is -2.04. The van der Waals surface area contributed by atoms with Crippen molar-refractivity contribution in [3.63, 3.8) is 0 Å². The van der Waals surface area contributed by atoms with Gasteiger partial charge < -0.3 is 5.32 Å². The SMILES string of the molecule is O=C(Nc1ccccc1-n1nc2ccccc2n1)C(F)(F)F. The lowest BCUT2D eigenvalue weighted by molar-refractivity contribution is -0.167. The second kappa shape index (κ2) is 5.14. The van der Waals surface area contributed by atoms with Crippen molar-refractivity contribution in [2.24, 2.45) is 0 Å². The number of aromatic nitrogens is 3. The Kier molecular flexibility index (Phi) is 3.28. The van der Waals surface area contributed by atoms with Crippen LogP contribution in [0.15, 0.2) is 48.5 Å². The van der Waals surface area contributed by atoms with E-state index in [1.54, 1.807) is 30.3 Å². The number of anilines is 1. The Morgan fingerprint density at radius 3 is 2.09 bits per heavy atom. The van der Waals surface area contributed by atoms with E-state index in [2.05, 4.69) is 10.2 Å². The summed E-state index contributed by atoms with van der Waals surface area (Å²) in [6, 6.07) is 13.0. The van der Waals surface area contributed by atoms with Gasteiger partial charge in [0.2, 0.25) is 0 Å². The molecule has 0 unspecified atom stereocenters. The van der Waals surface area contributed by atoms with Crippen LogP contribution in [-0.2, 0) is 4.79 Å². The minimum atomic E-state index is -4.96. The number of fused-ring (bicyclic) bond motifs is 1. The lowest BCUT2D eigenvalue weighted by Crippen LogP contribution is -2.30. The number of amides is 1. The van der Waals surface area contributed by atoms with E-state index in [9.17, 15) is 18.0 Å². The normalized spacial score (nSPS) is 11.6. The Bertz CT molecular complexity index is 808. The van der Waals surface area contributed by atoms with Crippen molar-refractivity contribution in [3.8, 4) is 5.69 Å². The molecule has 0 aliphatic heterocycles. The van der Waals surface area contributed by atoms with Gasteiger partial charge in [0.05, 0.1) is 5.69 Å². The van der Waals surface area contributed by atoms with Crippen molar-refractivity contribution in [2.75, 3.05) is 5.32 Å². The molecule has 0 saturated heterocycles. The van der Waals surface area contributed by atoms with Crippen LogP contribution >= 0.6 is 0 Å². The van der Waals surface area contributed by atoms with Gasteiger partial charge in [-0.15, -0.1) is 15.0 Å². The van der Waals surface area contributed by atoms with Crippen molar-refractivity contribution in [1.82, 2.24) is 15.0 Å². The van der Waals surface area contributed by atoms with Crippen LogP contribution < -0.4 is 5.32 Å². The van der Waals surface area contributed by atoms with E-state index in [1.807, 2.05) is 5.32 Å². The minimum Gasteiger partial charge on any atom is -0.316 e. The molecule has 0 fully saturated rings. The third kappa shape index (κ3) is 2.62. The van der Waals surface area contributed by atoms with E-state index in [0.29, 0.717) is 11.0 Å². The maximum atomic E-state index is 12.4. The number of carbonyl (C=O) groups is 1. The molecule has 3 aromatic rings. The first-order chi connectivity index (χ1) is 10.4. The van der Waals surface area contributed by atoms with E-state index in [0.717, 1.165) is 0 Å². The number of hydrogen-bond donors (Lipinski definition) is 1. The predicted octanol–water partition coefficient (Wildman–Crippen LogP) is 2.92. The molecule has 112 valence electrons. The number of benzene rings is 2. The molecular formula is C14H9F3N4O. The van der Waals surface area contributed by atoms with Crippen LogP contribution in [-0.4, -0.2) is 27.1 Å². The average Bonchev–Trinajstić information content (AvgIpc) is 2.90. The quantitative estimate of drug-likeness (QED) is 0.792. The monoisotopic (exact) mass is 306 g/mol. The van der Waals surface area contributed by atoms with Gasteiger partial charge in [0.15, 0.2) is 0 Å². The molecule has 0 atom stereocenters. The maximum absolute atomic E-state index is 12.4. The van der Waals surface area contributed by atoms with Gasteiger partial charge in [-0.25, -0.2) is 0 Å². The van der Waals surface area contributed by atoms with Crippen LogP contribution in [0.25, 0.3) is 16.7 Å². The summed E-state index contributed by atoms with van der Waals surface area (Å²) in [6.07, 6.45) is -4.96. The molecule has 0 aliphatic rings. The molecule has 22 heavy (non-hydrogen) atoms. The first-order valence-corrected chi connectivity index (χ1v) is 6.25. The zero-order valence-corrected chi connectivity index (χ0v) is 11.0. The topological polar surface area (TPSA) is 59.8 Å². The third-order valence-corrected chi connectivity index (χ3v) is 2.91. The van der Waals surface area contributed by atoms with Gasteiger partial charge in [-0.2, -0.15) is 13.2 Å². The summed E-state index contributed by atoms with van der Waals surface area (Å²) in [4.78, 5) is 12.3. The first kappa shape index (κ1) is 14.1. The van der Waals surface area contributed by atoms with E-state index >= 15 is 0 Å². The number of halogens is 3. The number of rotatable bonds is 2. The van der Waals surface area contributed by atoms with Crippen LogP contribution in [0.1, 0.15) is 0 Å². The van der Waals surface area contributed by atoms with Gasteiger partial charge in [0, 0.05) is 0 Å². The highest BCUT2D eigenvalue weighted by Gasteiger charge is 2.39. The molecule has 1 heterocycles. The van der Waals surface area contributed by atoms with Crippen LogP contribution in [0, 0.1) is 0 Å². The number of nitrogens with zero attached hydrogens (tertiary/aromatic N) is 3. The minimum absolute atomic E-state index is 0.0230. The molecule has 0 spiro atoms. The molecule has 0 aliphatic carbocycles. The van der Waals surface area contributed by atoms with Crippen molar-refractivity contribution >= 4 is 22.6 Å². The van der Waals surface area contributed by atoms with Gasteiger partial charge in [0.1, 0.15) is 16.7 Å². The smallest absolute Gasteiger partial charge is 0.316 e. The Balaban J connectivity index is 2.02. The van der Waals surface area contributed by atoms with Gasteiger partial charge in [0.25, 0.3) is 0 Å². The summed E-state index contributed by atoms with van der Waals surface area (Å²) in [7, 11) is 0. The Hall–Kier alpha value is -2.90. The van der Waals surface area contributed by atoms with Gasteiger partial charge in [-0.3, -0.25) is 4.79 Å². The fraction of sp³-hybridized carbons (Fsp3) is 0.0714. The maximum Gasteiger partial charge on any atom is 0.471 e. The van der Waals surface area contributed by atoms with Gasteiger partial charge >= 0.3 is 12.1 Å². The van der Waals surface area contributed by atoms with Crippen molar-refractivity contribution in [1.29, 1.82) is 0 Å². The summed E-state index contributed by atoms with van der Waals surface area (Å²) in [5, 5.41) is 10.2. The predicted molar refractivity (Wildman–Crippen MR) is 73.5 cm³/mol. The second-order valence-corrected chi connectivity index (χ2v) is 4.45. The molecule has 5 nitrogen and oxygen atoms in total. The molecule has 2 aromatic carbocycles. The summed E-state index contributed by atoms with van der Waals surface area (Å²) in [5.41, 5.74) is 1.42.